The molecule has 2 heteroatoms. The van der Waals surface area contributed by atoms with Crippen molar-refractivity contribution in [2.45, 2.75) is 46.5 Å². The van der Waals surface area contributed by atoms with E-state index in [0.717, 1.165) is 18.1 Å². The second-order valence-corrected chi connectivity index (χ2v) is 6.35. The summed E-state index contributed by atoms with van der Waals surface area (Å²) in [5.74, 6) is 1.85. The van der Waals surface area contributed by atoms with Crippen molar-refractivity contribution in [3.8, 4) is 0 Å². The molecule has 0 saturated carbocycles. The molecule has 0 aliphatic heterocycles. The maximum Gasteiger partial charge on any atom is 0.0441 e. The average molecular weight is 282 g/mol. The molecule has 1 nitrogen and oxygen atoms in total. The molecule has 0 amide bonds. The van der Waals surface area contributed by atoms with E-state index >= 15 is 0 Å². The standard InChI is InChI=1S/C17H28ClN/c1-5-8-14(4)16(12-19-11-13(2)3)15-9-6-7-10-17(15)18/h6-7,9-10,13-14,16,19H,5,8,11-12H2,1-4H3. The third-order valence-electron chi connectivity index (χ3n) is 3.65. The van der Waals surface area contributed by atoms with Gasteiger partial charge in [-0.2, -0.15) is 0 Å². The van der Waals surface area contributed by atoms with Crippen LogP contribution in [-0.2, 0) is 0 Å². The highest BCUT2D eigenvalue weighted by molar-refractivity contribution is 6.31. The highest BCUT2D eigenvalue weighted by Crippen LogP contribution is 2.32. The van der Waals surface area contributed by atoms with Crippen LogP contribution in [0.3, 0.4) is 0 Å². The zero-order valence-electron chi connectivity index (χ0n) is 12.7. The lowest BCUT2D eigenvalue weighted by molar-refractivity contribution is 0.394. The van der Waals surface area contributed by atoms with Gasteiger partial charge in [-0.15, -0.1) is 0 Å². The summed E-state index contributed by atoms with van der Waals surface area (Å²) in [6.07, 6.45) is 2.48. The molecule has 0 saturated heterocycles. The van der Waals surface area contributed by atoms with Gasteiger partial charge in [0.05, 0.1) is 0 Å². The third-order valence-corrected chi connectivity index (χ3v) is 4.00. The van der Waals surface area contributed by atoms with Crippen LogP contribution in [0.15, 0.2) is 24.3 Å². The molecule has 108 valence electrons. The number of nitrogens with one attached hydrogen (secondary N) is 1. The predicted molar refractivity (Wildman–Crippen MR) is 86.0 cm³/mol. The van der Waals surface area contributed by atoms with Crippen LogP contribution < -0.4 is 5.32 Å². The van der Waals surface area contributed by atoms with Gasteiger partial charge in [-0.05, 0) is 30.0 Å². The molecule has 0 spiro atoms. The number of halogens is 1. The molecule has 19 heavy (non-hydrogen) atoms. The van der Waals surface area contributed by atoms with Gasteiger partial charge in [0.15, 0.2) is 0 Å². The summed E-state index contributed by atoms with van der Waals surface area (Å²) in [5, 5.41) is 4.50. The Morgan fingerprint density at radius 1 is 1.11 bits per heavy atom. The maximum atomic E-state index is 6.38. The van der Waals surface area contributed by atoms with Crippen molar-refractivity contribution in [3.63, 3.8) is 0 Å². The van der Waals surface area contributed by atoms with Crippen molar-refractivity contribution in [1.82, 2.24) is 5.32 Å². The third kappa shape index (κ3) is 5.54. The first kappa shape index (κ1) is 16.5. The summed E-state index contributed by atoms with van der Waals surface area (Å²) >= 11 is 6.38. The lowest BCUT2D eigenvalue weighted by atomic mass is 9.84. The average Bonchev–Trinajstić information content (AvgIpc) is 2.36. The molecule has 0 bridgehead atoms. The molecule has 1 rings (SSSR count). The predicted octanol–water partition coefficient (Wildman–Crippen LogP) is 5.11. The molecule has 0 aliphatic carbocycles. The number of hydrogen-bond acceptors (Lipinski definition) is 1. The Kier molecular flexibility index (Phi) is 7.48. The summed E-state index contributed by atoms with van der Waals surface area (Å²) in [6, 6.07) is 8.28. The second kappa shape index (κ2) is 8.60. The number of rotatable bonds is 8. The van der Waals surface area contributed by atoms with E-state index in [-0.39, 0.29) is 0 Å². The van der Waals surface area contributed by atoms with Crippen LogP contribution >= 0.6 is 11.6 Å². The summed E-state index contributed by atoms with van der Waals surface area (Å²) in [4.78, 5) is 0. The Morgan fingerprint density at radius 2 is 1.79 bits per heavy atom. The van der Waals surface area contributed by atoms with Gasteiger partial charge in [0, 0.05) is 17.5 Å². The topological polar surface area (TPSA) is 12.0 Å². The van der Waals surface area contributed by atoms with Gasteiger partial charge in [0.25, 0.3) is 0 Å². The van der Waals surface area contributed by atoms with Crippen LogP contribution in [0.1, 0.15) is 52.0 Å². The summed E-state index contributed by atoms with van der Waals surface area (Å²) in [5.41, 5.74) is 1.29. The molecule has 1 aromatic rings. The Labute approximate surface area is 123 Å². The van der Waals surface area contributed by atoms with Crippen LogP contribution in [0.2, 0.25) is 5.02 Å². The Hall–Kier alpha value is -0.530. The van der Waals surface area contributed by atoms with Crippen molar-refractivity contribution in [2.24, 2.45) is 11.8 Å². The van der Waals surface area contributed by atoms with E-state index in [4.69, 9.17) is 11.6 Å². The van der Waals surface area contributed by atoms with Crippen molar-refractivity contribution in [3.05, 3.63) is 34.9 Å². The minimum atomic E-state index is 0.507. The summed E-state index contributed by atoms with van der Waals surface area (Å²) < 4.78 is 0. The Bertz CT molecular complexity index is 362. The smallest absolute Gasteiger partial charge is 0.0441 e. The van der Waals surface area contributed by atoms with Crippen molar-refractivity contribution >= 4 is 11.6 Å². The van der Waals surface area contributed by atoms with Crippen LogP contribution in [-0.4, -0.2) is 13.1 Å². The first-order chi connectivity index (χ1) is 9.06. The Balaban J connectivity index is 2.77. The highest BCUT2D eigenvalue weighted by atomic mass is 35.5. The molecular weight excluding hydrogens is 254 g/mol. The molecule has 2 unspecified atom stereocenters. The molecule has 0 aromatic heterocycles. The molecule has 1 N–H and O–H groups in total. The van der Waals surface area contributed by atoms with Gasteiger partial charge in [-0.1, -0.05) is 70.3 Å². The van der Waals surface area contributed by atoms with Crippen LogP contribution in [0, 0.1) is 11.8 Å². The molecule has 1 aromatic carbocycles. The highest BCUT2D eigenvalue weighted by Gasteiger charge is 2.20. The van der Waals surface area contributed by atoms with E-state index in [9.17, 15) is 0 Å². The van der Waals surface area contributed by atoms with E-state index in [1.807, 2.05) is 12.1 Å². The van der Waals surface area contributed by atoms with E-state index in [0.29, 0.717) is 17.8 Å². The van der Waals surface area contributed by atoms with Gasteiger partial charge >= 0.3 is 0 Å². The molecule has 0 fully saturated rings. The lowest BCUT2D eigenvalue weighted by Gasteiger charge is -2.26. The fourth-order valence-electron chi connectivity index (χ4n) is 2.58. The van der Waals surface area contributed by atoms with E-state index < -0.39 is 0 Å². The van der Waals surface area contributed by atoms with E-state index in [1.54, 1.807) is 0 Å². The summed E-state index contributed by atoms with van der Waals surface area (Å²) in [6.45, 7) is 11.2. The molecule has 0 radical (unpaired) electrons. The van der Waals surface area contributed by atoms with Crippen molar-refractivity contribution in [1.29, 1.82) is 0 Å². The first-order valence-corrected chi connectivity index (χ1v) is 7.89. The molecule has 2 atom stereocenters. The van der Waals surface area contributed by atoms with Gasteiger partial charge in [-0.25, -0.2) is 0 Å². The minimum absolute atomic E-state index is 0.507. The maximum absolute atomic E-state index is 6.38. The van der Waals surface area contributed by atoms with E-state index in [1.165, 1.54) is 18.4 Å². The quantitative estimate of drug-likeness (QED) is 0.698. The fourth-order valence-corrected chi connectivity index (χ4v) is 2.85. The van der Waals surface area contributed by atoms with Crippen LogP contribution in [0.5, 0.6) is 0 Å². The SMILES string of the molecule is CCCC(C)C(CNCC(C)C)c1ccccc1Cl. The van der Waals surface area contributed by atoms with Crippen LogP contribution in [0.4, 0.5) is 0 Å². The minimum Gasteiger partial charge on any atom is -0.316 e. The molecular formula is C17H28ClN. The molecule has 0 aliphatic rings. The largest absolute Gasteiger partial charge is 0.316 e. The summed E-state index contributed by atoms with van der Waals surface area (Å²) in [7, 11) is 0. The monoisotopic (exact) mass is 281 g/mol. The zero-order chi connectivity index (χ0) is 14.3. The number of hydrogen-bond donors (Lipinski definition) is 1. The van der Waals surface area contributed by atoms with Gasteiger partial charge in [0.1, 0.15) is 0 Å². The molecule has 0 heterocycles. The van der Waals surface area contributed by atoms with Gasteiger partial charge in [-0.3, -0.25) is 0 Å². The normalized spacial score (nSPS) is 14.6. The van der Waals surface area contributed by atoms with Gasteiger partial charge in [0.2, 0.25) is 0 Å². The van der Waals surface area contributed by atoms with Crippen molar-refractivity contribution < 1.29 is 0 Å². The van der Waals surface area contributed by atoms with Crippen molar-refractivity contribution in [2.75, 3.05) is 13.1 Å². The second-order valence-electron chi connectivity index (χ2n) is 5.95. The Morgan fingerprint density at radius 3 is 2.37 bits per heavy atom. The lowest BCUT2D eigenvalue weighted by Crippen LogP contribution is -2.28. The fraction of sp³-hybridized carbons (Fsp3) is 0.647. The zero-order valence-corrected chi connectivity index (χ0v) is 13.5. The van der Waals surface area contributed by atoms with Gasteiger partial charge < -0.3 is 5.32 Å². The van der Waals surface area contributed by atoms with E-state index in [2.05, 4.69) is 45.1 Å². The van der Waals surface area contributed by atoms with Crippen LogP contribution in [0.25, 0.3) is 0 Å². The first-order valence-electron chi connectivity index (χ1n) is 7.51. The number of benzene rings is 1.